The second-order valence-corrected chi connectivity index (χ2v) is 5.25. The SMILES string of the molecule is CC[C@H](O)[C@H](N)c1ccc2c(c1)Cc1ccccc1-2. The summed E-state index contributed by atoms with van der Waals surface area (Å²) in [5, 5.41) is 9.88. The number of fused-ring (bicyclic) bond motifs is 3. The molecule has 0 aliphatic heterocycles. The lowest BCUT2D eigenvalue weighted by Crippen LogP contribution is -2.25. The Kier molecular flexibility index (Phi) is 3.13. The first-order valence-electron chi connectivity index (χ1n) is 6.85. The molecule has 2 aromatic carbocycles. The van der Waals surface area contributed by atoms with Gasteiger partial charge in [-0.2, -0.15) is 0 Å². The molecule has 3 rings (SSSR count). The van der Waals surface area contributed by atoms with E-state index in [1.54, 1.807) is 0 Å². The minimum Gasteiger partial charge on any atom is -0.391 e. The lowest BCUT2D eigenvalue weighted by atomic mass is 9.96. The van der Waals surface area contributed by atoms with Gasteiger partial charge in [-0.15, -0.1) is 0 Å². The number of benzene rings is 2. The van der Waals surface area contributed by atoms with Gasteiger partial charge in [-0.1, -0.05) is 49.4 Å². The summed E-state index contributed by atoms with van der Waals surface area (Å²) in [6.07, 6.45) is 1.18. The molecule has 1 aliphatic rings. The Balaban J connectivity index is 1.98. The van der Waals surface area contributed by atoms with Crippen LogP contribution in [-0.2, 0) is 6.42 Å². The Bertz CT molecular complexity index is 606. The maximum Gasteiger partial charge on any atom is 0.0730 e. The fourth-order valence-corrected chi connectivity index (χ4v) is 2.85. The third-order valence-corrected chi connectivity index (χ3v) is 4.04. The Morgan fingerprint density at radius 2 is 1.84 bits per heavy atom. The van der Waals surface area contributed by atoms with Crippen LogP contribution in [-0.4, -0.2) is 11.2 Å². The van der Waals surface area contributed by atoms with E-state index in [1.165, 1.54) is 22.3 Å². The average Bonchev–Trinajstić information content (AvgIpc) is 2.83. The minimum atomic E-state index is -0.471. The van der Waals surface area contributed by atoms with Crippen LogP contribution >= 0.6 is 0 Å². The molecular formula is C17H19NO. The fourth-order valence-electron chi connectivity index (χ4n) is 2.85. The Morgan fingerprint density at radius 1 is 1.11 bits per heavy atom. The molecule has 0 radical (unpaired) electrons. The largest absolute Gasteiger partial charge is 0.391 e. The zero-order valence-electron chi connectivity index (χ0n) is 11.1. The highest BCUT2D eigenvalue weighted by Gasteiger charge is 2.21. The maximum absolute atomic E-state index is 9.88. The Labute approximate surface area is 113 Å². The van der Waals surface area contributed by atoms with Gasteiger partial charge >= 0.3 is 0 Å². The molecule has 19 heavy (non-hydrogen) atoms. The van der Waals surface area contributed by atoms with Crippen molar-refractivity contribution in [2.24, 2.45) is 5.73 Å². The van der Waals surface area contributed by atoms with Gasteiger partial charge in [-0.25, -0.2) is 0 Å². The van der Waals surface area contributed by atoms with Crippen molar-refractivity contribution >= 4 is 0 Å². The van der Waals surface area contributed by atoms with E-state index in [4.69, 9.17) is 5.73 Å². The van der Waals surface area contributed by atoms with E-state index in [0.717, 1.165) is 12.0 Å². The van der Waals surface area contributed by atoms with Crippen LogP contribution < -0.4 is 5.73 Å². The molecule has 1 aliphatic carbocycles. The van der Waals surface area contributed by atoms with Crippen LogP contribution in [0.3, 0.4) is 0 Å². The van der Waals surface area contributed by atoms with Gasteiger partial charge in [0.25, 0.3) is 0 Å². The van der Waals surface area contributed by atoms with Crippen molar-refractivity contribution in [3.05, 3.63) is 59.2 Å². The quantitative estimate of drug-likeness (QED) is 0.753. The van der Waals surface area contributed by atoms with Crippen LogP contribution in [0.4, 0.5) is 0 Å². The van der Waals surface area contributed by atoms with Crippen LogP contribution in [0.1, 0.15) is 36.1 Å². The van der Waals surface area contributed by atoms with E-state index in [9.17, 15) is 5.11 Å². The standard InChI is InChI=1S/C17H19NO/c1-2-16(19)17(18)12-7-8-15-13(10-12)9-11-5-3-4-6-14(11)15/h3-8,10,16-17,19H,2,9,18H2,1H3/t16-,17+/m0/s1. The Morgan fingerprint density at radius 3 is 2.63 bits per heavy atom. The van der Waals surface area contributed by atoms with Crippen molar-refractivity contribution < 1.29 is 5.11 Å². The van der Waals surface area contributed by atoms with Crippen molar-refractivity contribution in [3.63, 3.8) is 0 Å². The molecule has 0 bridgehead atoms. The smallest absolute Gasteiger partial charge is 0.0730 e. The second-order valence-electron chi connectivity index (χ2n) is 5.25. The molecule has 0 fully saturated rings. The maximum atomic E-state index is 9.88. The van der Waals surface area contributed by atoms with E-state index in [-0.39, 0.29) is 6.04 Å². The molecule has 98 valence electrons. The summed E-state index contributed by atoms with van der Waals surface area (Å²) in [6, 6.07) is 14.5. The molecule has 0 heterocycles. The zero-order valence-corrected chi connectivity index (χ0v) is 11.1. The van der Waals surface area contributed by atoms with Crippen LogP contribution in [0, 0.1) is 0 Å². The highest BCUT2D eigenvalue weighted by molar-refractivity contribution is 5.77. The first kappa shape index (κ1) is 12.4. The molecule has 0 saturated carbocycles. The summed E-state index contributed by atoms with van der Waals surface area (Å²) in [5.74, 6) is 0. The molecule has 2 aromatic rings. The van der Waals surface area contributed by atoms with Crippen LogP contribution in [0.2, 0.25) is 0 Å². The first-order chi connectivity index (χ1) is 9.20. The topological polar surface area (TPSA) is 46.2 Å². The third-order valence-electron chi connectivity index (χ3n) is 4.04. The van der Waals surface area contributed by atoms with Crippen LogP contribution in [0.25, 0.3) is 11.1 Å². The van der Waals surface area contributed by atoms with Gasteiger partial charge in [-0.3, -0.25) is 0 Å². The number of nitrogens with two attached hydrogens (primary N) is 1. The molecule has 2 heteroatoms. The van der Waals surface area contributed by atoms with Gasteiger partial charge in [0.05, 0.1) is 12.1 Å². The summed E-state index contributed by atoms with van der Waals surface area (Å²) in [6.45, 7) is 1.95. The molecule has 2 nitrogen and oxygen atoms in total. The highest BCUT2D eigenvalue weighted by Crippen LogP contribution is 2.37. The number of aliphatic hydroxyl groups is 1. The average molecular weight is 253 g/mol. The summed E-state index contributed by atoms with van der Waals surface area (Å²) in [4.78, 5) is 0. The van der Waals surface area contributed by atoms with Gasteiger partial charge in [0.2, 0.25) is 0 Å². The van der Waals surface area contributed by atoms with Crippen LogP contribution in [0.5, 0.6) is 0 Å². The minimum absolute atomic E-state index is 0.293. The predicted molar refractivity (Wildman–Crippen MR) is 77.9 cm³/mol. The first-order valence-corrected chi connectivity index (χ1v) is 6.85. The third kappa shape index (κ3) is 2.07. The van der Waals surface area contributed by atoms with Gasteiger partial charge in [0.1, 0.15) is 0 Å². The number of hydrogen-bond donors (Lipinski definition) is 2. The number of hydrogen-bond acceptors (Lipinski definition) is 2. The zero-order chi connectivity index (χ0) is 13.4. The molecule has 0 amide bonds. The lowest BCUT2D eigenvalue weighted by molar-refractivity contribution is 0.140. The van der Waals surface area contributed by atoms with Crippen molar-refractivity contribution in [1.29, 1.82) is 0 Å². The molecule has 3 N–H and O–H groups in total. The Hall–Kier alpha value is -1.64. The number of aliphatic hydroxyl groups excluding tert-OH is 1. The monoisotopic (exact) mass is 253 g/mol. The molecule has 0 spiro atoms. The van der Waals surface area contributed by atoms with E-state index in [0.29, 0.717) is 6.42 Å². The van der Waals surface area contributed by atoms with E-state index < -0.39 is 6.10 Å². The van der Waals surface area contributed by atoms with Gasteiger partial charge in [0, 0.05) is 0 Å². The number of rotatable bonds is 3. The molecule has 0 saturated heterocycles. The normalized spacial score (nSPS) is 15.7. The fraction of sp³-hybridized carbons (Fsp3) is 0.294. The summed E-state index contributed by atoms with van der Waals surface area (Å²) in [5.41, 5.74) is 12.4. The van der Waals surface area contributed by atoms with Crippen molar-refractivity contribution in [3.8, 4) is 11.1 Å². The summed E-state index contributed by atoms with van der Waals surface area (Å²) >= 11 is 0. The lowest BCUT2D eigenvalue weighted by Gasteiger charge is -2.18. The molecule has 2 atom stereocenters. The predicted octanol–water partition coefficient (Wildman–Crippen LogP) is 3.03. The van der Waals surface area contributed by atoms with E-state index in [1.807, 2.05) is 13.0 Å². The van der Waals surface area contributed by atoms with Crippen molar-refractivity contribution in [1.82, 2.24) is 0 Å². The second kappa shape index (κ2) is 4.80. The van der Waals surface area contributed by atoms with Gasteiger partial charge < -0.3 is 10.8 Å². The van der Waals surface area contributed by atoms with Crippen molar-refractivity contribution in [2.45, 2.75) is 31.9 Å². The molecule has 0 unspecified atom stereocenters. The van der Waals surface area contributed by atoms with Gasteiger partial charge in [-0.05, 0) is 40.7 Å². The highest BCUT2D eigenvalue weighted by atomic mass is 16.3. The van der Waals surface area contributed by atoms with Gasteiger partial charge in [0.15, 0.2) is 0 Å². The van der Waals surface area contributed by atoms with Crippen LogP contribution in [0.15, 0.2) is 42.5 Å². The van der Waals surface area contributed by atoms with Crippen molar-refractivity contribution in [2.75, 3.05) is 0 Å². The van der Waals surface area contributed by atoms with E-state index in [2.05, 4.69) is 36.4 Å². The van der Waals surface area contributed by atoms with E-state index >= 15 is 0 Å². The molecule has 0 aromatic heterocycles. The summed E-state index contributed by atoms with van der Waals surface area (Å²) < 4.78 is 0. The summed E-state index contributed by atoms with van der Waals surface area (Å²) in [7, 11) is 0. The molecular weight excluding hydrogens is 234 g/mol.